The number of nitrogens with zero attached hydrogens (tertiary/aromatic N) is 2. The van der Waals surface area contributed by atoms with Crippen LogP contribution in [0.4, 0.5) is 10.5 Å². The van der Waals surface area contributed by atoms with Gasteiger partial charge in [0, 0.05) is 53.5 Å². The third-order valence-electron chi connectivity index (χ3n) is 5.46. The quantitative estimate of drug-likeness (QED) is 0.477. The number of carbonyl (C=O) groups excluding carboxylic acids is 3. The lowest BCUT2D eigenvalue weighted by atomic mass is 10.1. The lowest BCUT2D eigenvalue weighted by Gasteiger charge is -2.22. The highest BCUT2D eigenvalue weighted by Crippen LogP contribution is 2.23. The zero-order valence-electron chi connectivity index (χ0n) is 17.2. The van der Waals surface area contributed by atoms with Crippen LogP contribution in [0.25, 0.3) is 10.9 Å². The number of aromatic nitrogens is 1. The second kappa shape index (κ2) is 8.81. The molecule has 0 spiro atoms. The van der Waals surface area contributed by atoms with Gasteiger partial charge in [-0.05, 0) is 37.6 Å². The summed E-state index contributed by atoms with van der Waals surface area (Å²) in [5.74, 6) is -1.06. The van der Waals surface area contributed by atoms with E-state index in [4.69, 9.17) is 11.6 Å². The molecule has 0 unspecified atom stereocenters. The molecule has 2 aromatic carbocycles. The van der Waals surface area contributed by atoms with Gasteiger partial charge in [-0.1, -0.05) is 35.9 Å². The van der Waals surface area contributed by atoms with Crippen molar-refractivity contribution in [3.05, 3.63) is 64.8 Å². The molecule has 1 aliphatic heterocycles. The summed E-state index contributed by atoms with van der Waals surface area (Å²) in [4.78, 5) is 45.0. The number of amides is 3. The van der Waals surface area contributed by atoms with Crippen molar-refractivity contribution in [1.29, 1.82) is 0 Å². The van der Waals surface area contributed by atoms with Crippen LogP contribution in [0.2, 0.25) is 5.02 Å². The highest BCUT2D eigenvalue weighted by molar-refractivity contribution is 6.45. The van der Waals surface area contributed by atoms with Crippen molar-refractivity contribution in [2.75, 3.05) is 31.5 Å². The summed E-state index contributed by atoms with van der Waals surface area (Å²) < 4.78 is 0. The third-order valence-corrected chi connectivity index (χ3v) is 5.70. The van der Waals surface area contributed by atoms with Crippen LogP contribution in [0.1, 0.15) is 22.5 Å². The van der Waals surface area contributed by atoms with Crippen molar-refractivity contribution in [3.63, 3.8) is 0 Å². The minimum Gasteiger partial charge on any atom is -0.358 e. The smallest absolute Gasteiger partial charge is 0.321 e. The number of rotatable bonds is 3. The first kappa shape index (κ1) is 20.9. The van der Waals surface area contributed by atoms with Gasteiger partial charge in [-0.2, -0.15) is 0 Å². The molecule has 31 heavy (non-hydrogen) atoms. The van der Waals surface area contributed by atoms with Crippen LogP contribution >= 0.6 is 11.6 Å². The lowest BCUT2D eigenvalue weighted by Crippen LogP contribution is -2.41. The first-order valence-electron chi connectivity index (χ1n) is 10.2. The summed E-state index contributed by atoms with van der Waals surface area (Å²) in [6, 6.07) is 14.1. The van der Waals surface area contributed by atoms with Gasteiger partial charge in [0.25, 0.3) is 11.7 Å². The van der Waals surface area contributed by atoms with Gasteiger partial charge >= 0.3 is 6.03 Å². The summed E-state index contributed by atoms with van der Waals surface area (Å²) in [5.41, 5.74) is 2.54. The van der Waals surface area contributed by atoms with E-state index in [9.17, 15) is 14.4 Å². The highest BCUT2D eigenvalue weighted by atomic mass is 35.5. The van der Waals surface area contributed by atoms with E-state index in [-0.39, 0.29) is 6.03 Å². The SMILES string of the molecule is Cc1[nH]c2ccccc2c1C(=O)C(=O)N1CCCN(C(=O)Nc2cccc(Cl)c2)CC1. The minimum absolute atomic E-state index is 0.254. The molecule has 1 fully saturated rings. The molecule has 1 aliphatic rings. The number of ketones is 1. The van der Waals surface area contributed by atoms with Crippen LogP contribution in [0.15, 0.2) is 48.5 Å². The number of hydrogen-bond acceptors (Lipinski definition) is 3. The van der Waals surface area contributed by atoms with Crippen LogP contribution in [0.5, 0.6) is 0 Å². The number of H-pyrrole nitrogens is 1. The third kappa shape index (κ3) is 4.41. The standard InChI is InChI=1S/C23H23ClN4O3/c1-15-20(18-8-2-3-9-19(18)25-15)21(29)22(30)27-10-5-11-28(13-12-27)23(31)26-17-7-4-6-16(24)14-17/h2-4,6-9,14,25H,5,10-13H2,1H3,(H,26,31). The Morgan fingerprint density at radius 1 is 0.968 bits per heavy atom. The van der Waals surface area contributed by atoms with E-state index in [1.807, 2.05) is 24.3 Å². The molecule has 160 valence electrons. The van der Waals surface area contributed by atoms with Crippen molar-refractivity contribution in [2.24, 2.45) is 0 Å². The molecule has 1 saturated heterocycles. The van der Waals surface area contributed by atoms with Crippen LogP contribution in [0.3, 0.4) is 0 Å². The summed E-state index contributed by atoms with van der Waals surface area (Å²) in [6.45, 7) is 3.36. The number of Topliss-reactive ketones (excluding diaryl/α,β-unsaturated/α-hetero) is 1. The van der Waals surface area contributed by atoms with Crippen molar-refractivity contribution in [1.82, 2.24) is 14.8 Å². The monoisotopic (exact) mass is 438 g/mol. The first-order valence-corrected chi connectivity index (χ1v) is 10.5. The highest BCUT2D eigenvalue weighted by Gasteiger charge is 2.29. The molecule has 3 amide bonds. The molecule has 2 heterocycles. The average molecular weight is 439 g/mol. The molecule has 8 heteroatoms. The number of para-hydroxylation sites is 1. The van der Waals surface area contributed by atoms with Crippen LogP contribution in [-0.2, 0) is 4.79 Å². The number of aryl methyl sites for hydroxylation is 1. The molecule has 3 aromatic rings. The molecule has 0 radical (unpaired) electrons. The van der Waals surface area contributed by atoms with Gasteiger partial charge in [0.15, 0.2) is 0 Å². The number of urea groups is 1. The topological polar surface area (TPSA) is 85.5 Å². The molecule has 1 aromatic heterocycles. The van der Waals surface area contributed by atoms with Gasteiger partial charge < -0.3 is 20.1 Å². The lowest BCUT2D eigenvalue weighted by molar-refractivity contribution is -0.126. The molecule has 2 N–H and O–H groups in total. The molecule has 7 nitrogen and oxygen atoms in total. The molecule has 0 atom stereocenters. The number of halogens is 1. The fourth-order valence-corrected chi connectivity index (χ4v) is 4.10. The Hall–Kier alpha value is -3.32. The second-order valence-electron chi connectivity index (χ2n) is 7.57. The van der Waals surface area contributed by atoms with Crippen LogP contribution in [-0.4, -0.2) is 58.7 Å². The van der Waals surface area contributed by atoms with Gasteiger partial charge in [0.05, 0.1) is 5.56 Å². The van der Waals surface area contributed by atoms with Crippen LogP contribution in [0, 0.1) is 6.92 Å². The van der Waals surface area contributed by atoms with E-state index in [0.717, 1.165) is 10.9 Å². The maximum absolute atomic E-state index is 13.0. The normalized spacial score (nSPS) is 14.4. The van der Waals surface area contributed by atoms with E-state index in [1.165, 1.54) is 4.90 Å². The maximum atomic E-state index is 13.0. The van der Waals surface area contributed by atoms with Crippen molar-refractivity contribution >= 4 is 45.9 Å². The number of aromatic amines is 1. The number of hydrogen-bond donors (Lipinski definition) is 2. The Bertz CT molecular complexity index is 1160. The Morgan fingerprint density at radius 3 is 2.52 bits per heavy atom. The molecule has 0 aliphatic carbocycles. The molecule has 0 bridgehead atoms. The maximum Gasteiger partial charge on any atom is 0.321 e. The average Bonchev–Trinajstić information content (AvgIpc) is 2.91. The number of anilines is 1. The summed E-state index contributed by atoms with van der Waals surface area (Å²) in [7, 11) is 0. The summed E-state index contributed by atoms with van der Waals surface area (Å²) >= 11 is 5.97. The van der Waals surface area contributed by atoms with E-state index in [0.29, 0.717) is 54.6 Å². The van der Waals surface area contributed by atoms with Gasteiger partial charge in [-0.25, -0.2) is 4.79 Å². The van der Waals surface area contributed by atoms with E-state index in [1.54, 1.807) is 36.1 Å². The fraction of sp³-hybridized carbons (Fsp3) is 0.261. The Morgan fingerprint density at radius 2 is 1.71 bits per heavy atom. The zero-order valence-corrected chi connectivity index (χ0v) is 17.9. The van der Waals surface area contributed by atoms with E-state index < -0.39 is 11.7 Å². The molecule has 0 saturated carbocycles. The van der Waals surface area contributed by atoms with Gasteiger partial charge in [0.2, 0.25) is 0 Å². The van der Waals surface area contributed by atoms with Gasteiger partial charge in [-0.15, -0.1) is 0 Å². The van der Waals surface area contributed by atoms with Crippen molar-refractivity contribution in [3.8, 4) is 0 Å². The predicted molar refractivity (Wildman–Crippen MR) is 121 cm³/mol. The van der Waals surface area contributed by atoms with Crippen molar-refractivity contribution in [2.45, 2.75) is 13.3 Å². The number of benzene rings is 2. The van der Waals surface area contributed by atoms with Crippen LogP contribution < -0.4 is 5.32 Å². The fourth-order valence-electron chi connectivity index (χ4n) is 3.91. The summed E-state index contributed by atoms with van der Waals surface area (Å²) in [5, 5.41) is 4.11. The largest absolute Gasteiger partial charge is 0.358 e. The van der Waals surface area contributed by atoms with E-state index in [2.05, 4.69) is 10.3 Å². The van der Waals surface area contributed by atoms with Gasteiger partial charge in [0.1, 0.15) is 0 Å². The first-order chi connectivity index (χ1) is 14.9. The second-order valence-corrected chi connectivity index (χ2v) is 8.01. The number of carbonyl (C=O) groups is 3. The predicted octanol–water partition coefficient (Wildman–Crippen LogP) is 4.08. The minimum atomic E-state index is -0.537. The summed E-state index contributed by atoms with van der Waals surface area (Å²) in [6.07, 6.45) is 0.592. The Balaban J connectivity index is 1.43. The van der Waals surface area contributed by atoms with Crippen molar-refractivity contribution < 1.29 is 14.4 Å². The number of nitrogens with one attached hydrogen (secondary N) is 2. The zero-order chi connectivity index (χ0) is 22.0. The Labute approximate surface area is 185 Å². The molecule has 4 rings (SSSR count). The molecular weight excluding hydrogens is 416 g/mol. The van der Waals surface area contributed by atoms with Gasteiger partial charge in [-0.3, -0.25) is 9.59 Å². The molecular formula is C23H23ClN4O3. The number of fused-ring (bicyclic) bond motifs is 1. The Kier molecular flexibility index (Phi) is 5.95. The van der Waals surface area contributed by atoms with E-state index >= 15 is 0 Å².